The lowest BCUT2D eigenvalue weighted by Crippen LogP contribution is -2.01. The van der Waals surface area contributed by atoms with Crippen LogP contribution in [0, 0.1) is 0 Å². The van der Waals surface area contributed by atoms with E-state index in [4.69, 9.17) is 5.11 Å². The summed E-state index contributed by atoms with van der Waals surface area (Å²) in [6, 6.07) is 4.36. The van der Waals surface area contributed by atoms with Gasteiger partial charge < -0.3 is 5.11 Å². The van der Waals surface area contributed by atoms with Gasteiger partial charge in [0.15, 0.2) is 0 Å². The van der Waals surface area contributed by atoms with E-state index in [9.17, 15) is 13.6 Å². The molecule has 2 nitrogen and oxygen atoms in total. The highest BCUT2D eigenvalue weighted by Crippen LogP contribution is 2.26. The van der Waals surface area contributed by atoms with Crippen LogP contribution in [0.2, 0.25) is 0 Å². The third kappa shape index (κ3) is 3.58. The fraction of sp³-hybridized carbons (Fsp3) is 0.300. The normalized spacial score (nSPS) is 10.7. The second-order valence-corrected chi connectivity index (χ2v) is 3.95. The maximum atomic E-state index is 12.5. The number of carbonyl (C=O) groups is 1. The first-order valence-corrected chi connectivity index (χ1v) is 5.08. The second-order valence-electron chi connectivity index (χ2n) is 3.04. The molecular formula is C10H9BrF2O2. The van der Waals surface area contributed by atoms with E-state index in [0.29, 0.717) is 10.0 Å². The summed E-state index contributed by atoms with van der Waals surface area (Å²) in [6.07, 6.45) is -2.59. The van der Waals surface area contributed by atoms with E-state index in [1.807, 2.05) is 0 Å². The molecule has 0 aliphatic carbocycles. The van der Waals surface area contributed by atoms with Gasteiger partial charge in [-0.15, -0.1) is 0 Å². The molecule has 15 heavy (non-hydrogen) atoms. The van der Waals surface area contributed by atoms with Crippen molar-refractivity contribution in [2.75, 3.05) is 0 Å². The zero-order valence-corrected chi connectivity index (χ0v) is 9.30. The molecule has 1 aromatic carbocycles. The minimum atomic E-state index is -2.57. The maximum Gasteiger partial charge on any atom is 0.303 e. The van der Waals surface area contributed by atoms with Gasteiger partial charge in [0.25, 0.3) is 6.43 Å². The van der Waals surface area contributed by atoms with E-state index in [-0.39, 0.29) is 18.4 Å². The number of hydrogen-bond donors (Lipinski definition) is 1. The summed E-state index contributed by atoms with van der Waals surface area (Å²) in [4.78, 5) is 10.3. The third-order valence-corrected chi connectivity index (χ3v) is 2.44. The van der Waals surface area contributed by atoms with Crippen molar-refractivity contribution < 1.29 is 18.7 Å². The van der Waals surface area contributed by atoms with Crippen molar-refractivity contribution in [3.63, 3.8) is 0 Å². The number of carboxylic acids is 1. The Balaban J connectivity index is 2.91. The number of rotatable bonds is 4. The minimum absolute atomic E-state index is 0.0977. The zero-order chi connectivity index (χ0) is 11.4. The Labute approximate surface area is 94.0 Å². The maximum absolute atomic E-state index is 12.5. The summed E-state index contributed by atoms with van der Waals surface area (Å²) in [5.41, 5.74) is 0.279. The highest BCUT2D eigenvalue weighted by atomic mass is 79.9. The molecule has 1 rings (SSSR count). The van der Waals surface area contributed by atoms with E-state index in [1.54, 1.807) is 0 Å². The number of halogens is 3. The molecule has 0 amide bonds. The molecule has 82 valence electrons. The van der Waals surface area contributed by atoms with E-state index in [2.05, 4.69) is 15.9 Å². The number of carboxylic acid groups (broad SMARTS) is 1. The van der Waals surface area contributed by atoms with Crippen LogP contribution < -0.4 is 0 Å². The Hall–Kier alpha value is -0.970. The summed E-state index contributed by atoms with van der Waals surface area (Å²) in [6.45, 7) is 0. The molecule has 1 aromatic rings. The van der Waals surface area contributed by atoms with Crippen molar-refractivity contribution in [1.82, 2.24) is 0 Å². The zero-order valence-electron chi connectivity index (χ0n) is 7.71. The molecule has 0 spiro atoms. The molecule has 0 aliphatic rings. The van der Waals surface area contributed by atoms with Crippen LogP contribution in [0.1, 0.15) is 24.0 Å². The van der Waals surface area contributed by atoms with Gasteiger partial charge in [-0.25, -0.2) is 8.78 Å². The number of aliphatic carboxylic acids is 1. The molecule has 0 aliphatic heterocycles. The highest BCUT2D eigenvalue weighted by molar-refractivity contribution is 9.10. The Morgan fingerprint density at radius 3 is 2.67 bits per heavy atom. The van der Waals surface area contributed by atoms with Crippen LogP contribution in [0.15, 0.2) is 22.7 Å². The average Bonchev–Trinajstić information content (AvgIpc) is 2.14. The summed E-state index contributed by atoms with van der Waals surface area (Å²) < 4.78 is 25.7. The fourth-order valence-corrected chi connectivity index (χ4v) is 1.65. The first-order chi connectivity index (χ1) is 7.00. The molecule has 0 heterocycles. The molecule has 0 aromatic heterocycles. The fourth-order valence-electron chi connectivity index (χ4n) is 1.25. The van der Waals surface area contributed by atoms with Crippen molar-refractivity contribution in [2.24, 2.45) is 0 Å². The van der Waals surface area contributed by atoms with Gasteiger partial charge in [-0.1, -0.05) is 22.0 Å². The van der Waals surface area contributed by atoms with Crippen molar-refractivity contribution in [3.8, 4) is 0 Å². The lowest BCUT2D eigenvalue weighted by molar-refractivity contribution is -0.136. The Kier molecular flexibility index (Phi) is 4.20. The molecule has 0 bridgehead atoms. The van der Waals surface area contributed by atoms with Crippen molar-refractivity contribution >= 4 is 21.9 Å². The van der Waals surface area contributed by atoms with Crippen LogP contribution in [-0.2, 0) is 11.2 Å². The van der Waals surface area contributed by atoms with Gasteiger partial charge in [0.1, 0.15) is 0 Å². The Morgan fingerprint density at radius 2 is 2.13 bits per heavy atom. The third-order valence-electron chi connectivity index (χ3n) is 1.95. The molecule has 1 N–H and O–H groups in total. The van der Waals surface area contributed by atoms with Crippen LogP contribution in [0.25, 0.3) is 0 Å². The van der Waals surface area contributed by atoms with Crippen molar-refractivity contribution in [2.45, 2.75) is 19.3 Å². The quantitative estimate of drug-likeness (QED) is 0.917. The predicted molar refractivity (Wildman–Crippen MR) is 55.1 cm³/mol. The van der Waals surface area contributed by atoms with Gasteiger partial charge in [-0.2, -0.15) is 0 Å². The van der Waals surface area contributed by atoms with Crippen LogP contribution in [0.5, 0.6) is 0 Å². The van der Waals surface area contributed by atoms with Gasteiger partial charge >= 0.3 is 5.97 Å². The number of aryl methyl sites for hydroxylation is 1. The molecule has 0 saturated carbocycles. The summed E-state index contributed by atoms with van der Waals surface area (Å²) in [5.74, 6) is -0.991. The minimum Gasteiger partial charge on any atom is -0.481 e. The lowest BCUT2D eigenvalue weighted by atomic mass is 10.0. The lowest BCUT2D eigenvalue weighted by Gasteiger charge is -2.08. The van der Waals surface area contributed by atoms with E-state index >= 15 is 0 Å². The second kappa shape index (κ2) is 5.21. The number of benzene rings is 1. The van der Waals surface area contributed by atoms with Crippen LogP contribution in [0.3, 0.4) is 0 Å². The van der Waals surface area contributed by atoms with Gasteiger partial charge in [0.05, 0.1) is 0 Å². The first kappa shape index (κ1) is 12.1. The van der Waals surface area contributed by atoms with E-state index < -0.39 is 12.4 Å². The molecule has 0 unspecified atom stereocenters. The smallest absolute Gasteiger partial charge is 0.303 e. The van der Waals surface area contributed by atoms with Gasteiger partial charge in [0, 0.05) is 16.5 Å². The van der Waals surface area contributed by atoms with Crippen molar-refractivity contribution in [3.05, 3.63) is 33.8 Å². The van der Waals surface area contributed by atoms with Gasteiger partial charge in [-0.05, 0) is 24.1 Å². The first-order valence-electron chi connectivity index (χ1n) is 4.29. The number of alkyl halides is 2. The SMILES string of the molecule is O=C(O)CCc1cc(Br)ccc1C(F)F. The van der Waals surface area contributed by atoms with E-state index in [1.165, 1.54) is 18.2 Å². The number of hydrogen-bond acceptors (Lipinski definition) is 1. The highest BCUT2D eigenvalue weighted by Gasteiger charge is 2.13. The molecule has 0 fully saturated rings. The molecule has 0 atom stereocenters. The average molecular weight is 279 g/mol. The molecule has 5 heteroatoms. The Morgan fingerprint density at radius 1 is 1.47 bits per heavy atom. The summed E-state index contributed by atoms with van der Waals surface area (Å²) in [5, 5.41) is 8.47. The van der Waals surface area contributed by atoms with Gasteiger partial charge in [0.2, 0.25) is 0 Å². The van der Waals surface area contributed by atoms with Crippen LogP contribution in [-0.4, -0.2) is 11.1 Å². The monoisotopic (exact) mass is 278 g/mol. The Bertz CT molecular complexity index is 366. The largest absolute Gasteiger partial charge is 0.481 e. The molecular weight excluding hydrogens is 270 g/mol. The standard InChI is InChI=1S/C10H9BrF2O2/c11-7-2-3-8(10(12)13)6(5-7)1-4-9(14)15/h2-3,5,10H,1,4H2,(H,14,15). The molecule has 0 saturated heterocycles. The topological polar surface area (TPSA) is 37.3 Å². The molecule has 0 radical (unpaired) electrons. The van der Waals surface area contributed by atoms with E-state index in [0.717, 1.165) is 0 Å². The van der Waals surface area contributed by atoms with Crippen molar-refractivity contribution in [1.29, 1.82) is 0 Å². The van der Waals surface area contributed by atoms with Crippen LogP contribution in [0.4, 0.5) is 8.78 Å². The van der Waals surface area contributed by atoms with Crippen LogP contribution >= 0.6 is 15.9 Å². The summed E-state index contributed by atoms with van der Waals surface area (Å²) >= 11 is 3.16. The summed E-state index contributed by atoms with van der Waals surface area (Å²) in [7, 11) is 0. The predicted octanol–water partition coefficient (Wildman–Crippen LogP) is 3.40. The van der Waals surface area contributed by atoms with Gasteiger partial charge in [-0.3, -0.25) is 4.79 Å².